The van der Waals surface area contributed by atoms with Crippen LogP contribution in [0.1, 0.15) is 11.3 Å². The Hall–Kier alpha value is -2.59. The van der Waals surface area contributed by atoms with Crippen LogP contribution >= 0.6 is 0 Å². The van der Waals surface area contributed by atoms with Crippen molar-refractivity contribution in [2.75, 3.05) is 4.72 Å². The van der Waals surface area contributed by atoms with Gasteiger partial charge in [0.05, 0.1) is 5.69 Å². The van der Waals surface area contributed by atoms with Gasteiger partial charge in [-0.05, 0) is 42.8 Å². The van der Waals surface area contributed by atoms with Gasteiger partial charge in [0.25, 0.3) is 10.0 Å². The average Bonchev–Trinajstić information content (AvgIpc) is 2.42. The summed E-state index contributed by atoms with van der Waals surface area (Å²) in [5, 5.41) is 17.9. The molecular weight excluding hydrogens is 278 g/mol. The number of sulfonamides is 1. The van der Waals surface area contributed by atoms with Gasteiger partial charge < -0.3 is 5.11 Å². The van der Waals surface area contributed by atoms with Crippen molar-refractivity contribution in [1.82, 2.24) is 4.98 Å². The van der Waals surface area contributed by atoms with E-state index in [0.717, 1.165) is 6.20 Å². The Morgan fingerprint density at radius 3 is 2.60 bits per heavy atom. The molecule has 1 aromatic carbocycles. The van der Waals surface area contributed by atoms with Crippen LogP contribution in [0, 0.1) is 18.3 Å². The highest BCUT2D eigenvalue weighted by molar-refractivity contribution is 7.92. The second-order valence-electron chi connectivity index (χ2n) is 4.10. The van der Waals surface area contributed by atoms with E-state index in [0.29, 0.717) is 11.3 Å². The molecule has 2 N–H and O–H groups in total. The zero-order chi connectivity index (χ0) is 14.8. The molecule has 0 aliphatic carbocycles. The lowest BCUT2D eigenvalue weighted by Crippen LogP contribution is -2.14. The van der Waals surface area contributed by atoms with Gasteiger partial charge in [0.1, 0.15) is 22.4 Å². The zero-order valence-corrected chi connectivity index (χ0v) is 11.3. The number of benzene rings is 1. The molecule has 1 aromatic heterocycles. The molecule has 0 unspecified atom stereocenters. The molecule has 2 rings (SSSR count). The average molecular weight is 289 g/mol. The first-order valence-corrected chi connectivity index (χ1v) is 7.09. The molecule has 0 radical (unpaired) electrons. The van der Waals surface area contributed by atoms with Gasteiger partial charge in [0, 0.05) is 6.20 Å². The highest BCUT2D eigenvalue weighted by Crippen LogP contribution is 2.23. The second-order valence-corrected chi connectivity index (χ2v) is 5.78. The number of hydrogen-bond donors (Lipinski definition) is 2. The molecule has 0 amide bonds. The van der Waals surface area contributed by atoms with Crippen molar-refractivity contribution in [3.63, 3.8) is 0 Å². The maximum Gasteiger partial charge on any atom is 0.263 e. The molecule has 0 saturated heterocycles. The summed E-state index contributed by atoms with van der Waals surface area (Å²) in [7, 11) is -3.78. The van der Waals surface area contributed by atoms with Gasteiger partial charge >= 0.3 is 0 Å². The topological polar surface area (TPSA) is 103 Å². The number of aromatic nitrogens is 1. The number of aromatic hydroxyl groups is 1. The zero-order valence-electron chi connectivity index (χ0n) is 10.5. The van der Waals surface area contributed by atoms with Crippen LogP contribution in [-0.2, 0) is 10.0 Å². The Labute approximate surface area is 116 Å². The summed E-state index contributed by atoms with van der Waals surface area (Å²) in [6, 6.07) is 8.77. The minimum absolute atomic E-state index is 0.0380. The molecule has 0 aliphatic heterocycles. The van der Waals surface area contributed by atoms with Crippen LogP contribution < -0.4 is 4.72 Å². The summed E-state index contributed by atoms with van der Waals surface area (Å²) in [5.74, 6) is 0.0606. The fraction of sp³-hybridized carbons (Fsp3) is 0.0769. The third kappa shape index (κ3) is 2.87. The number of phenolic OH excluding ortho intramolecular Hbond substituents is 1. The summed E-state index contributed by atoms with van der Waals surface area (Å²) < 4.78 is 26.7. The minimum atomic E-state index is -3.78. The van der Waals surface area contributed by atoms with Gasteiger partial charge in [-0.15, -0.1) is 0 Å². The predicted octanol–water partition coefficient (Wildman–Crippen LogP) is 1.77. The van der Waals surface area contributed by atoms with E-state index in [2.05, 4.69) is 9.71 Å². The van der Waals surface area contributed by atoms with Crippen molar-refractivity contribution >= 4 is 15.7 Å². The van der Waals surface area contributed by atoms with Crippen molar-refractivity contribution in [1.29, 1.82) is 5.26 Å². The number of phenols is 1. The smallest absolute Gasteiger partial charge is 0.263 e. The van der Waals surface area contributed by atoms with Gasteiger partial charge in [-0.25, -0.2) is 13.4 Å². The lowest BCUT2D eigenvalue weighted by atomic mass is 10.2. The van der Waals surface area contributed by atoms with Crippen LogP contribution in [-0.4, -0.2) is 18.5 Å². The van der Waals surface area contributed by atoms with E-state index in [1.54, 1.807) is 6.92 Å². The van der Waals surface area contributed by atoms with Gasteiger partial charge in [-0.3, -0.25) is 4.72 Å². The van der Waals surface area contributed by atoms with E-state index < -0.39 is 10.0 Å². The van der Waals surface area contributed by atoms with Crippen LogP contribution in [0.2, 0.25) is 0 Å². The Morgan fingerprint density at radius 2 is 2.05 bits per heavy atom. The monoisotopic (exact) mass is 289 g/mol. The largest absolute Gasteiger partial charge is 0.508 e. The van der Waals surface area contributed by atoms with E-state index in [9.17, 15) is 13.5 Å². The molecule has 0 saturated carbocycles. The number of aryl methyl sites for hydroxylation is 1. The van der Waals surface area contributed by atoms with Crippen LogP contribution in [0.25, 0.3) is 0 Å². The fourth-order valence-electron chi connectivity index (χ4n) is 1.57. The fourth-order valence-corrected chi connectivity index (χ4v) is 2.65. The predicted molar refractivity (Wildman–Crippen MR) is 72.6 cm³/mol. The van der Waals surface area contributed by atoms with Crippen molar-refractivity contribution in [2.45, 2.75) is 11.8 Å². The van der Waals surface area contributed by atoms with Crippen LogP contribution in [0.5, 0.6) is 5.75 Å². The number of anilines is 1. The highest BCUT2D eigenvalue weighted by atomic mass is 32.2. The Balaban J connectivity index is 2.33. The SMILES string of the molecule is Cc1cc(O)ccc1NS(=O)(=O)c1ccc(C#N)nc1. The van der Waals surface area contributed by atoms with Crippen LogP contribution in [0.4, 0.5) is 5.69 Å². The number of rotatable bonds is 3. The summed E-state index contributed by atoms with van der Waals surface area (Å²) in [4.78, 5) is 3.68. The van der Waals surface area contributed by atoms with E-state index >= 15 is 0 Å². The standard InChI is InChI=1S/C13H11N3O3S/c1-9-6-11(17)3-5-13(9)16-20(18,19)12-4-2-10(7-14)15-8-12/h2-6,8,16-17H,1H3. The van der Waals surface area contributed by atoms with E-state index in [1.165, 1.54) is 30.3 Å². The third-order valence-corrected chi connectivity index (χ3v) is 3.97. The second kappa shape index (κ2) is 5.19. The van der Waals surface area contributed by atoms with E-state index in [-0.39, 0.29) is 16.3 Å². The van der Waals surface area contributed by atoms with Crippen LogP contribution in [0.15, 0.2) is 41.4 Å². The molecule has 6 nitrogen and oxygen atoms in total. The molecule has 7 heteroatoms. The number of pyridine rings is 1. The molecule has 0 atom stereocenters. The molecule has 0 bridgehead atoms. The maximum atomic E-state index is 12.1. The molecule has 0 spiro atoms. The lowest BCUT2D eigenvalue weighted by molar-refractivity contribution is 0.475. The molecule has 0 fully saturated rings. The van der Waals surface area contributed by atoms with Crippen molar-refractivity contribution in [2.24, 2.45) is 0 Å². The first kappa shape index (κ1) is 13.8. The van der Waals surface area contributed by atoms with Crippen molar-refractivity contribution in [3.05, 3.63) is 47.8 Å². The Bertz CT molecular complexity index is 777. The lowest BCUT2D eigenvalue weighted by Gasteiger charge is -2.10. The molecule has 2 aromatic rings. The van der Waals surface area contributed by atoms with E-state index in [1.807, 2.05) is 6.07 Å². The molecule has 20 heavy (non-hydrogen) atoms. The first-order chi connectivity index (χ1) is 9.42. The quantitative estimate of drug-likeness (QED) is 0.838. The van der Waals surface area contributed by atoms with Crippen molar-refractivity contribution < 1.29 is 13.5 Å². The van der Waals surface area contributed by atoms with E-state index in [4.69, 9.17) is 5.26 Å². The highest BCUT2D eigenvalue weighted by Gasteiger charge is 2.15. The van der Waals surface area contributed by atoms with Crippen LogP contribution in [0.3, 0.4) is 0 Å². The summed E-state index contributed by atoms with van der Waals surface area (Å²) in [5.41, 5.74) is 1.10. The molecule has 102 valence electrons. The number of nitrogens with zero attached hydrogens (tertiary/aromatic N) is 2. The van der Waals surface area contributed by atoms with Gasteiger partial charge in [-0.2, -0.15) is 5.26 Å². The Kier molecular flexibility index (Phi) is 3.59. The first-order valence-electron chi connectivity index (χ1n) is 5.61. The molecular formula is C13H11N3O3S. The Morgan fingerprint density at radius 1 is 1.30 bits per heavy atom. The third-order valence-electron chi connectivity index (χ3n) is 2.62. The van der Waals surface area contributed by atoms with Gasteiger partial charge in [0.15, 0.2) is 0 Å². The molecule has 0 aliphatic rings. The summed E-state index contributed by atoms with van der Waals surface area (Å²) in [6.07, 6.45) is 1.12. The number of hydrogen-bond acceptors (Lipinski definition) is 5. The number of nitrogens with one attached hydrogen (secondary N) is 1. The normalized spacial score (nSPS) is 10.8. The maximum absolute atomic E-state index is 12.1. The number of nitriles is 1. The molecule has 1 heterocycles. The summed E-state index contributed by atoms with van der Waals surface area (Å²) in [6.45, 7) is 1.68. The minimum Gasteiger partial charge on any atom is -0.508 e. The van der Waals surface area contributed by atoms with Crippen molar-refractivity contribution in [3.8, 4) is 11.8 Å². The van der Waals surface area contributed by atoms with Gasteiger partial charge in [0.2, 0.25) is 0 Å². The van der Waals surface area contributed by atoms with Gasteiger partial charge in [-0.1, -0.05) is 0 Å². The summed E-state index contributed by atoms with van der Waals surface area (Å²) >= 11 is 0.